The lowest BCUT2D eigenvalue weighted by atomic mass is 10.0. The van der Waals surface area contributed by atoms with Gasteiger partial charge in [-0.25, -0.2) is 13.6 Å². The third kappa shape index (κ3) is 4.66. The molecule has 0 bridgehead atoms. The second kappa shape index (κ2) is 7.92. The molecule has 3 rings (SSSR count). The first kappa shape index (κ1) is 22.7. The van der Waals surface area contributed by atoms with Crippen LogP contribution in [0.4, 0.5) is 13.6 Å². The molecule has 2 aromatic heterocycles. The number of nitrogens with zero attached hydrogens (tertiary/aromatic N) is 2. The van der Waals surface area contributed by atoms with Gasteiger partial charge in [-0.2, -0.15) is 0 Å². The average Bonchev–Trinajstić information content (AvgIpc) is 3.06. The predicted molar refractivity (Wildman–Crippen MR) is 113 cm³/mol. The number of halogens is 3. The number of aryl methyl sites for hydroxylation is 1. The average molecular weight is 506 g/mol. The molecule has 1 fully saturated rings. The molecule has 1 atom stereocenters. The molecule has 0 saturated carbocycles. The summed E-state index contributed by atoms with van der Waals surface area (Å²) in [6, 6.07) is -0.0173. The lowest BCUT2D eigenvalue weighted by Gasteiger charge is -2.38. The second-order valence-corrected chi connectivity index (χ2v) is 10.1. The number of hydrogen-bond donors (Lipinski definition) is 1. The Labute approximate surface area is 184 Å². The van der Waals surface area contributed by atoms with Gasteiger partial charge in [-0.15, -0.1) is 11.3 Å². The molecule has 30 heavy (non-hydrogen) atoms. The number of thiophene rings is 1. The molecule has 7 nitrogen and oxygen atoms in total. The van der Waals surface area contributed by atoms with Gasteiger partial charge in [0.2, 0.25) is 0 Å². The summed E-state index contributed by atoms with van der Waals surface area (Å²) in [5.74, 6) is -4.00. The summed E-state index contributed by atoms with van der Waals surface area (Å²) in [5, 5.41) is 2.71. The van der Waals surface area contributed by atoms with E-state index in [9.17, 15) is 23.2 Å². The van der Waals surface area contributed by atoms with Crippen LogP contribution in [0.2, 0.25) is 0 Å². The smallest absolute Gasteiger partial charge is 0.410 e. The van der Waals surface area contributed by atoms with Gasteiger partial charge in [0.1, 0.15) is 5.60 Å². The van der Waals surface area contributed by atoms with E-state index in [0.29, 0.717) is 14.6 Å². The molecule has 0 spiro atoms. The van der Waals surface area contributed by atoms with Gasteiger partial charge >= 0.3 is 6.09 Å². The zero-order valence-corrected chi connectivity index (χ0v) is 19.3. The Bertz CT molecular complexity index is 1060. The normalized spacial score (nSPS) is 19.0. The Hall–Kier alpha value is -2.01. The molecule has 1 saturated heterocycles. The summed E-state index contributed by atoms with van der Waals surface area (Å²) in [7, 11) is 1.59. The molecular formula is C19H22BrF2N3O4S. The van der Waals surface area contributed by atoms with E-state index in [4.69, 9.17) is 4.74 Å². The number of aromatic nitrogens is 1. The minimum atomic E-state index is -3.32. The van der Waals surface area contributed by atoms with Crippen molar-refractivity contribution in [3.05, 3.63) is 32.0 Å². The molecule has 2 aromatic rings. The zero-order chi connectivity index (χ0) is 22.4. The van der Waals surface area contributed by atoms with Gasteiger partial charge < -0.3 is 19.5 Å². The summed E-state index contributed by atoms with van der Waals surface area (Å²) in [6.07, 6.45) is 0.662. The number of nitrogens with one attached hydrogen (secondary N) is 1. The van der Waals surface area contributed by atoms with Crippen LogP contribution in [-0.4, -0.2) is 52.1 Å². The number of piperidine rings is 1. The molecule has 2 amide bonds. The Morgan fingerprint density at radius 2 is 2.03 bits per heavy atom. The second-order valence-electron chi connectivity index (χ2n) is 8.22. The first-order valence-electron chi connectivity index (χ1n) is 9.24. The minimum absolute atomic E-state index is 0.0357. The maximum absolute atomic E-state index is 14.7. The lowest BCUT2D eigenvalue weighted by molar-refractivity contribution is -0.0889. The van der Waals surface area contributed by atoms with Crippen molar-refractivity contribution in [1.82, 2.24) is 14.8 Å². The third-order valence-corrected chi connectivity index (χ3v) is 6.62. The quantitative estimate of drug-likeness (QED) is 0.673. The maximum Gasteiger partial charge on any atom is 0.410 e. The predicted octanol–water partition coefficient (Wildman–Crippen LogP) is 3.74. The van der Waals surface area contributed by atoms with Gasteiger partial charge in [0.05, 0.1) is 32.0 Å². The van der Waals surface area contributed by atoms with E-state index < -0.39 is 36.1 Å². The van der Waals surface area contributed by atoms with Crippen LogP contribution in [0.15, 0.2) is 21.5 Å². The van der Waals surface area contributed by atoms with E-state index in [2.05, 4.69) is 21.2 Å². The van der Waals surface area contributed by atoms with Gasteiger partial charge in [-0.05, 0) is 49.2 Å². The van der Waals surface area contributed by atoms with Gasteiger partial charge in [0, 0.05) is 19.8 Å². The van der Waals surface area contributed by atoms with E-state index in [0.717, 1.165) is 16.2 Å². The number of pyridine rings is 1. The molecule has 1 unspecified atom stereocenters. The summed E-state index contributed by atoms with van der Waals surface area (Å²) < 4.78 is 37.1. The number of alkyl halides is 2. The number of likely N-dealkylation sites (tertiary alicyclic amines) is 1. The topological polar surface area (TPSA) is 80.6 Å². The monoisotopic (exact) mass is 505 g/mol. The van der Waals surface area contributed by atoms with Crippen molar-refractivity contribution in [3.63, 3.8) is 0 Å². The summed E-state index contributed by atoms with van der Waals surface area (Å²) in [5.41, 5.74) is -1.07. The van der Waals surface area contributed by atoms with Crippen molar-refractivity contribution in [2.45, 2.75) is 44.8 Å². The van der Waals surface area contributed by atoms with E-state index in [1.54, 1.807) is 34.0 Å². The summed E-state index contributed by atoms with van der Waals surface area (Å²) in [6.45, 7) is 4.17. The van der Waals surface area contributed by atoms with Crippen molar-refractivity contribution < 1.29 is 23.1 Å². The van der Waals surface area contributed by atoms with E-state index in [1.165, 1.54) is 10.6 Å². The first-order chi connectivity index (χ1) is 13.8. The Balaban J connectivity index is 1.74. The van der Waals surface area contributed by atoms with Crippen molar-refractivity contribution in [2.75, 3.05) is 13.1 Å². The highest BCUT2D eigenvalue weighted by Crippen LogP contribution is 2.32. The zero-order valence-electron chi connectivity index (χ0n) is 16.9. The third-order valence-electron chi connectivity index (χ3n) is 4.59. The van der Waals surface area contributed by atoms with E-state index in [-0.39, 0.29) is 23.4 Å². The number of carbonyl (C=O) groups excluding carboxylic acids is 2. The summed E-state index contributed by atoms with van der Waals surface area (Å²) in [4.78, 5) is 38.1. The fourth-order valence-corrected chi connectivity index (χ4v) is 4.86. The van der Waals surface area contributed by atoms with Gasteiger partial charge in [0.25, 0.3) is 17.4 Å². The van der Waals surface area contributed by atoms with Crippen LogP contribution in [0, 0.1) is 0 Å². The van der Waals surface area contributed by atoms with E-state index in [1.807, 2.05) is 0 Å². The number of fused-ring (bicyclic) bond motifs is 1. The molecule has 3 heterocycles. The molecule has 1 N–H and O–H groups in total. The van der Waals surface area contributed by atoms with Crippen molar-refractivity contribution in [3.8, 4) is 0 Å². The van der Waals surface area contributed by atoms with Crippen LogP contribution in [0.3, 0.4) is 0 Å². The molecule has 0 aromatic carbocycles. The standard InChI is InChI=1S/C19H22BrF2N3O4S/c1-18(2,3)29-17(28)25-6-5-13(19(21,22)9-25)23-15(26)12-7-10-14(30-12)11(20)8-24(4)16(10)27/h7-8,13H,5-6,9H2,1-4H3,(H,23,26). The Morgan fingerprint density at radius 1 is 1.37 bits per heavy atom. The fourth-order valence-electron chi connectivity index (χ4n) is 3.15. The molecule has 0 radical (unpaired) electrons. The molecule has 11 heteroatoms. The highest BCUT2D eigenvalue weighted by atomic mass is 79.9. The van der Waals surface area contributed by atoms with Crippen LogP contribution in [0.5, 0.6) is 0 Å². The number of rotatable bonds is 2. The number of ether oxygens (including phenoxy) is 1. The highest BCUT2D eigenvalue weighted by molar-refractivity contribution is 9.10. The van der Waals surface area contributed by atoms with Crippen molar-refractivity contribution in [2.24, 2.45) is 7.05 Å². The van der Waals surface area contributed by atoms with Gasteiger partial charge in [-0.3, -0.25) is 9.59 Å². The van der Waals surface area contributed by atoms with Gasteiger partial charge in [0.15, 0.2) is 0 Å². The fraction of sp³-hybridized carbons (Fsp3) is 0.526. The summed E-state index contributed by atoms with van der Waals surface area (Å²) >= 11 is 4.41. The van der Waals surface area contributed by atoms with Crippen LogP contribution in [0.25, 0.3) is 10.1 Å². The van der Waals surface area contributed by atoms with Crippen molar-refractivity contribution >= 4 is 49.4 Å². The lowest BCUT2D eigenvalue weighted by Crippen LogP contribution is -2.59. The number of carbonyl (C=O) groups is 2. The molecule has 0 aliphatic carbocycles. The molecule has 164 valence electrons. The molecular weight excluding hydrogens is 484 g/mol. The van der Waals surface area contributed by atoms with E-state index >= 15 is 0 Å². The van der Waals surface area contributed by atoms with Crippen LogP contribution >= 0.6 is 27.3 Å². The molecule has 1 aliphatic rings. The largest absolute Gasteiger partial charge is 0.444 e. The highest BCUT2D eigenvalue weighted by Gasteiger charge is 2.47. The molecule has 1 aliphatic heterocycles. The van der Waals surface area contributed by atoms with Gasteiger partial charge in [-0.1, -0.05) is 0 Å². The number of amides is 2. The maximum atomic E-state index is 14.7. The number of hydrogen-bond acceptors (Lipinski definition) is 5. The minimum Gasteiger partial charge on any atom is -0.444 e. The Morgan fingerprint density at radius 3 is 2.63 bits per heavy atom. The first-order valence-corrected chi connectivity index (χ1v) is 10.8. The van der Waals surface area contributed by atoms with Crippen LogP contribution < -0.4 is 10.9 Å². The van der Waals surface area contributed by atoms with Crippen LogP contribution in [0.1, 0.15) is 36.9 Å². The SMILES string of the molecule is Cn1cc(Br)c2sc(C(=O)NC3CCN(C(=O)OC(C)(C)C)CC3(F)F)cc2c1=O. The Kier molecular flexibility index (Phi) is 5.98. The van der Waals surface area contributed by atoms with Crippen molar-refractivity contribution in [1.29, 1.82) is 0 Å². The van der Waals surface area contributed by atoms with Crippen LogP contribution in [-0.2, 0) is 11.8 Å².